The zero-order valence-electron chi connectivity index (χ0n) is 18.7. The van der Waals surface area contributed by atoms with Gasteiger partial charge in [-0.2, -0.15) is 18.3 Å². The van der Waals surface area contributed by atoms with E-state index in [1.807, 2.05) is 0 Å². The normalized spacial score (nSPS) is 17.3. The first kappa shape index (κ1) is 26.4. The van der Waals surface area contributed by atoms with Crippen LogP contribution in [0.15, 0.2) is 46.6 Å². The van der Waals surface area contributed by atoms with Crippen LogP contribution in [0, 0.1) is 0 Å². The van der Waals surface area contributed by atoms with Gasteiger partial charge in [0.2, 0.25) is 11.8 Å². The number of carbonyl (C=O) groups excluding carboxylic acids is 2. The van der Waals surface area contributed by atoms with E-state index in [1.54, 1.807) is 25.1 Å². The summed E-state index contributed by atoms with van der Waals surface area (Å²) in [6, 6.07) is 8.21. The van der Waals surface area contributed by atoms with Crippen LogP contribution in [-0.4, -0.2) is 42.2 Å². The first-order valence-electron chi connectivity index (χ1n) is 10.0. The second-order valence-corrected chi connectivity index (χ2v) is 8.80. The van der Waals surface area contributed by atoms with Crippen LogP contribution in [0.25, 0.3) is 0 Å². The van der Waals surface area contributed by atoms with Gasteiger partial charge in [0, 0.05) is 23.7 Å². The Morgan fingerprint density at radius 2 is 1.94 bits per heavy atom. The maximum atomic E-state index is 13.0. The standard InChI is InChI=1S/C22H20ClF3N4O4S/c1-11(14-6-5-13(33-2)9-17(14)34-3)29-30-21-28-20(32)18(35-21)10-19(31)27-12-4-7-16(23)15(8-12)22(24,25)26/h4-9,18H,10H2,1-3H3,(H,27,31)(H,28,30,32)/b29-11+. The van der Waals surface area contributed by atoms with E-state index in [4.69, 9.17) is 21.1 Å². The highest BCUT2D eigenvalue weighted by molar-refractivity contribution is 8.15. The molecule has 2 aromatic rings. The highest BCUT2D eigenvalue weighted by atomic mass is 35.5. The van der Waals surface area contributed by atoms with Crippen molar-refractivity contribution in [3.63, 3.8) is 0 Å². The van der Waals surface area contributed by atoms with Crippen LogP contribution in [0.5, 0.6) is 11.5 Å². The van der Waals surface area contributed by atoms with Gasteiger partial charge in [0.15, 0.2) is 5.17 Å². The maximum Gasteiger partial charge on any atom is 0.417 e. The number of benzene rings is 2. The molecule has 1 atom stereocenters. The van der Waals surface area contributed by atoms with Gasteiger partial charge in [-0.05, 0) is 37.3 Å². The molecule has 2 N–H and O–H groups in total. The van der Waals surface area contributed by atoms with Crippen molar-refractivity contribution in [2.24, 2.45) is 10.2 Å². The minimum absolute atomic E-state index is 0.0855. The second kappa shape index (κ2) is 11.0. The van der Waals surface area contributed by atoms with Crippen LogP contribution in [0.1, 0.15) is 24.5 Å². The average molecular weight is 529 g/mol. The molecule has 2 aromatic carbocycles. The summed E-state index contributed by atoms with van der Waals surface area (Å²) in [6.45, 7) is 1.71. The summed E-state index contributed by atoms with van der Waals surface area (Å²) in [5, 5.41) is 11.9. The number of alkyl halides is 3. The fraction of sp³-hybridized carbons (Fsp3) is 0.273. The highest BCUT2D eigenvalue weighted by Gasteiger charge is 2.34. The maximum absolute atomic E-state index is 13.0. The Morgan fingerprint density at radius 3 is 2.60 bits per heavy atom. The quantitative estimate of drug-likeness (QED) is 0.400. The number of ether oxygens (including phenoxy) is 2. The molecule has 1 unspecified atom stereocenters. The number of methoxy groups -OCH3 is 2. The number of halogens is 4. The number of rotatable bonds is 7. The van der Waals surface area contributed by atoms with E-state index in [-0.39, 0.29) is 17.3 Å². The molecule has 1 aliphatic heterocycles. The number of hydrogen-bond donors (Lipinski definition) is 2. The number of thioether (sulfide) groups is 1. The van der Waals surface area contributed by atoms with E-state index in [9.17, 15) is 22.8 Å². The van der Waals surface area contributed by atoms with Crippen LogP contribution >= 0.6 is 23.4 Å². The molecule has 2 amide bonds. The summed E-state index contributed by atoms with van der Waals surface area (Å²) in [4.78, 5) is 24.6. The fourth-order valence-corrected chi connectivity index (χ4v) is 4.20. The van der Waals surface area contributed by atoms with Crippen LogP contribution < -0.4 is 20.1 Å². The lowest BCUT2D eigenvalue weighted by molar-refractivity contribution is -0.137. The molecular formula is C22H20ClF3N4O4S. The van der Waals surface area contributed by atoms with Crippen LogP contribution in [-0.2, 0) is 15.8 Å². The molecule has 186 valence electrons. The van der Waals surface area contributed by atoms with Crippen molar-refractivity contribution in [3.05, 3.63) is 52.5 Å². The molecule has 1 fully saturated rings. The summed E-state index contributed by atoms with van der Waals surface area (Å²) in [5.41, 5.74) is 0.0270. The lowest BCUT2D eigenvalue weighted by atomic mass is 10.1. The van der Waals surface area contributed by atoms with Crippen molar-refractivity contribution in [2.75, 3.05) is 19.5 Å². The lowest BCUT2D eigenvalue weighted by Crippen LogP contribution is -2.28. The van der Waals surface area contributed by atoms with Crippen LogP contribution in [0.2, 0.25) is 5.02 Å². The van der Waals surface area contributed by atoms with Crippen molar-refractivity contribution >= 4 is 51.7 Å². The van der Waals surface area contributed by atoms with Crippen molar-refractivity contribution in [3.8, 4) is 11.5 Å². The number of nitrogens with one attached hydrogen (secondary N) is 2. The van der Waals surface area contributed by atoms with Gasteiger partial charge in [0.1, 0.15) is 16.7 Å². The number of nitrogens with zero attached hydrogens (tertiary/aromatic N) is 2. The molecular weight excluding hydrogens is 509 g/mol. The third kappa shape index (κ3) is 6.67. The number of amides is 2. The lowest BCUT2D eigenvalue weighted by Gasteiger charge is -2.12. The second-order valence-electron chi connectivity index (χ2n) is 7.20. The smallest absolute Gasteiger partial charge is 0.417 e. The predicted molar refractivity (Wildman–Crippen MR) is 128 cm³/mol. The molecule has 3 rings (SSSR count). The van der Waals surface area contributed by atoms with E-state index in [0.29, 0.717) is 22.8 Å². The molecule has 35 heavy (non-hydrogen) atoms. The number of hydrogen-bond acceptors (Lipinski definition) is 7. The zero-order chi connectivity index (χ0) is 25.8. The Kier molecular flexibility index (Phi) is 8.28. The van der Waals surface area contributed by atoms with Crippen LogP contribution in [0.4, 0.5) is 18.9 Å². The summed E-state index contributed by atoms with van der Waals surface area (Å²) in [6.07, 6.45) is -4.95. The van der Waals surface area contributed by atoms with Gasteiger partial charge in [-0.25, -0.2) is 0 Å². The van der Waals surface area contributed by atoms with Crippen molar-refractivity contribution in [1.29, 1.82) is 0 Å². The van der Waals surface area contributed by atoms with Gasteiger partial charge < -0.3 is 20.1 Å². The Morgan fingerprint density at radius 1 is 1.20 bits per heavy atom. The third-order valence-corrected chi connectivity index (χ3v) is 6.19. The van der Waals surface area contributed by atoms with Gasteiger partial charge >= 0.3 is 6.18 Å². The minimum Gasteiger partial charge on any atom is -0.497 e. The van der Waals surface area contributed by atoms with E-state index >= 15 is 0 Å². The monoisotopic (exact) mass is 528 g/mol. The molecule has 1 heterocycles. The molecule has 0 aromatic heterocycles. The zero-order valence-corrected chi connectivity index (χ0v) is 20.3. The fourth-order valence-electron chi connectivity index (χ4n) is 3.06. The van der Waals surface area contributed by atoms with Gasteiger partial charge in [0.05, 0.1) is 30.5 Å². The molecule has 1 aliphatic rings. The SMILES string of the molecule is COc1ccc(/C(C)=N/N=C2/NC(=O)C(CC(=O)Nc3ccc(Cl)c(C(F)(F)F)c3)S2)c(OC)c1. The van der Waals surface area contributed by atoms with E-state index in [0.717, 1.165) is 23.9 Å². The van der Waals surface area contributed by atoms with Gasteiger partial charge in [0.25, 0.3) is 0 Å². The molecule has 0 spiro atoms. The number of anilines is 1. The van der Waals surface area contributed by atoms with Gasteiger partial charge in [-0.1, -0.05) is 23.4 Å². The van der Waals surface area contributed by atoms with E-state index < -0.39 is 33.8 Å². The Balaban J connectivity index is 1.65. The van der Waals surface area contributed by atoms with Crippen molar-refractivity contribution in [1.82, 2.24) is 5.32 Å². The van der Waals surface area contributed by atoms with E-state index in [1.165, 1.54) is 20.3 Å². The molecule has 13 heteroatoms. The summed E-state index contributed by atoms with van der Waals surface area (Å²) >= 11 is 6.58. The summed E-state index contributed by atoms with van der Waals surface area (Å²) < 4.78 is 49.5. The largest absolute Gasteiger partial charge is 0.497 e. The van der Waals surface area contributed by atoms with Crippen LogP contribution in [0.3, 0.4) is 0 Å². The van der Waals surface area contributed by atoms with Crippen molar-refractivity contribution < 1.29 is 32.2 Å². The Labute approximate surface area is 207 Å². The third-order valence-electron chi connectivity index (χ3n) is 4.79. The van der Waals surface area contributed by atoms with Gasteiger partial charge in [-0.15, -0.1) is 5.10 Å². The summed E-state index contributed by atoms with van der Waals surface area (Å²) in [7, 11) is 3.04. The average Bonchev–Trinajstić information content (AvgIpc) is 3.16. The molecule has 0 aliphatic carbocycles. The first-order chi connectivity index (χ1) is 16.5. The topological polar surface area (TPSA) is 101 Å². The van der Waals surface area contributed by atoms with Gasteiger partial charge in [-0.3, -0.25) is 9.59 Å². The molecule has 8 nitrogen and oxygen atoms in total. The van der Waals surface area contributed by atoms with Crippen molar-refractivity contribution in [2.45, 2.75) is 24.8 Å². The summed E-state index contributed by atoms with van der Waals surface area (Å²) in [5.74, 6) is 0.0277. The first-order valence-corrected chi connectivity index (χ1v) is 11.3. The molecule has 0 saturated carbocycles. The Bertz CT molecular complexity index is 1200. The molecule has 0 bridgehead atoms. The molecule has 1 saturated heterocycles. The highest BCUT2D eigenvalue weighted by Crippen LogP contribution is 2.36. The van der Waals surface area contributed by atoms with E-state index in [2.05, 4.69) is 20.8 Å². The number of amidine groups is 1. The Hall–Kier alpha value is -3.25. The number of carbonyl (C=O) groups is 2. The molecule has 0 radical (unpaired) electrons. The predicted octanol–water partition coefficient (Wildman–Crippen LogP) is 4.72. The minimum atomic E-state index is -4.67.